The molecule has 25 heavy (non-hydrogen) atoms. The van der Waals surface area contributed by atoms with Crippen LogP contribution in [0.3, 0.4) is 0 Å². The zero-order valence-corrected chi connectivity index (χ0v) is 16.1. The summed E-state index contributed by atoms with van der Waals surface area (Å²) >= 11 is 0. The summed E-state index contributed by atoms with van der Waals surface area (Å²) in [6.45, 7) is 16.7. The van der Waals surface area contributed by atoms with Gasteiger partial charge in [-0.3, -0.25) is 0 Å². The molecule has 138 valence electrons. The van der Waals surface area contributed by atoms with Gasteiger partial charge in [-0.25, -0.2) is 9.97 Å². The van der Waals surface area contributed by atoms with Crippen molar-refractivity contribution in [3.05, 3.63) is 18.1 Å². The van der Waals surface area contributed by atoms with Crippen LogP contribution in [0.2, 0.25) is 0 Å². The van der Waals surface area contributed by atoms with Gasteiger partial charge in [0.1, 0.15) is 12.1 Å². The molecule has 0 spiro atoms. The minimum Gasteiger partial charge on any atom is -0.356 e. The minimum atomic E-state index is 0.0830. The van der Waals surface area contributed by atoms with Crippen LogP contribution in [-0.4, -0.2) is 72.1 Å². The fourth-order valence-electron chi connectivity index (χ4n) is 4.68. The van der Waals surface area contributed by atoms with Crippen LogP contribution in [0.1, 0.15) is 39.3 Å². The van der Waals surface area contributed by atoms with E-state index in [0.717, 1.165) is 36.4 Å². The Balaban J connectivity index is 1.32. The van der Waals surface area contributed by atoms with Crippen LogP contribution in [0.25, 0.3) is 0 Å². The van der Waals surface area contributed by atoms with Gasteiger partial charge in [0, 0.05) is 50.7 Å². The number of likely N-dealkylation sites (tertiary alicyclic amines) is 2. The molecule has 5 heteroatoms. The molecular formula is C20H33N5. The van der Waals surface area contributed by atoms with Crippen molar-refractivity contribution in [2.75, 3.05) is 57.3 Å². The predicted molar refractivity (Wildman–Crippen MR) is 102 cm³/mol. The summed E-state index contributed by atoms with van der Waals surface area (Å²) < 4.78 is 0. The molecule has 3 aliphatic heterocycles. The first kappa shape index (κ1) is 17.2. The highest BCUT2D eigenvalue weighted by Gasteiger charge is 2.40. The zero-order chi connectivity index (χ0) is 17.4. The van der Waals surface area contributed by atoms with Gasteiger partial charge in [0.15, 0.2) is 0 Å². The van der Waals surface area contributed by atoms with Crippen molar-refractivity contribution in [1.82, 2.24) is 19.8 Å². The number of fused-ring (bicyclic) bond motifs is 1. The van der Waals surface area contributed by atoms with Crippen molar-refractivity contribution in [2.24, 2.45) is 11.8 Å². The highest BCUT2D eigenvalue weighted by molar-refractivity contribution is 5.42. The largest absolute Gasteiger partial charge is 0.356 e. The fraction of sp³-hybridized carbons (Fsp3) is 0.800. The molecule has 3 saturated heterocycles. The molecule has 0 bridgehead atoms. The van der Waals surface area contributed by atoms with Crippen molar-refractivity contribution in [3.63, 3.8) is 0 Å². The summed E-state index contributed by atoms with van der Waals surface area (Å²) in [7, 11) is 0. The number of nitrogens with zero attached hydrogens (tertiary/aromatic N) is 5. The average molecular weight is 344 g/mol. The molecule has 1 aromatic heterocycles. The number of aromatic nitrogens is 2. The summed E-state index contributed by atoms with van der Waals surface area (Å²) in [4.78, 5) is 16.9. The quantitative estimate of drug-likeness (QED) is 0.838. The smallest absolute Gasteiger partial charge is 0.132 e. The van der Waals surface area contributed by atoms with E-state index in [9.17, 15) is 0 Å². The van der Waals surface area contributed by atoms with E-state index in [4.69, 9.17) is 0 Å². The summed E-state index contributed by atoms with van der Waals surface area (Å²) in [6, 6.07) is 2.20. The van der Waals surface area contributed by atoms with Crippen LogP contribution < -0.4 is 4.90 Å². The Kier molecular flexibility index (Phi) is 4.71. The van der Waals surface area contributed by atoms with Crippen LogP contribution in [0.5, 0.6) is 0 Å². The number of hydrogen-bond acceptors (Lipinski definition) is 5. The van der Waals surface area contributed by atoms with Gasteiger partial charge in [-0.15, -0.1) is 0 Å². The van der Waals surface area contributed by atoms with Gasteiger partial charge in [0.2, 0.25) is 0 Å². The Morgan fingerprint density at radius 3 is 2.20 bits per heavy atom. The molecule has 0 saturated carbocycles. The third-order valence-corrected chi connectivity index (χ3v) is 6.24. The van der Waals surface area contributed by atoms with Crippen LogP contribution in [0.4, 0.5) is 5.82 Å². The second-order valence-corrected chi connectivity index (χ2v) is 9.24. The number of anilines is 1. The molecule has 0 N–H and O–H groups in total. The van der Waals surface area contributed by atoms with Crippen LogP contribution in [-0.2, 0) is 5.41 Å². The van der Waals surface area contributed by atoms with Crippen molar-refractivity contribution in [1.29, 1.82) is 0 Å². The summed E-state index contributed by atoms with van der Waals surface area (Å²) in [6.07, 6.45) is 4.54. The molecule has 1 aromatic rings. The van der Waals surface area contributed by atoms with Crippen LogP contribution >= 0.6 is 0 Å². The van der Waals surface area contributed by atoms with Gasteiger partial charge >= 0.3 is 0 Å². The monoisotopic (exact) mass is 343 g/mol. The Labute approximate surface area is 152 Å². The average Bonchev–Trinajstić information content (AvgIpc) is 3.28. The molecule has 0 aromatic carbocycles. The lowest BCUT2D eigenvalue weighted by Crippen LogP contribution is -2.35. The van der Waals surface area contributed by atoms with Crippen LogP contribution in [0.15, 0.2) is 12.4 Å². The zero-order valence-electron chi connectivity index (χ0n) is 16.1. The van der Waals surface area contributed by atoms with Crippen molar-refractivity contribution < 1.29 is 0 Å². The third kappa shape index (κ3) is 3.82. The first-order valence-corrected chi connectivity index (χ1v) is 10.0. The predicted octanol–water partition coefficient (Wildman–Crippen LogP) is 2.24. The van der Waals surface area contributed by atoms with E-state index >= 15 is 0 Å². The fourth-order valence-corrected chi connectivity index (χ4v) is 4.68. The van der Waals surface area contributed by atoms with E-state index in [2.05, 4.69) is 51.5 Å². The molecule has 2 atom stereocenters. The first-order valence-electron chi connectivity index (χ1n) is 10.0. The Hall–Kier alpha value is -1.20. The van der Waals surface area contributed by atoms with E-state index in [0.29, 0.717) is 0 Å². The molecule has 0 amide bonds. The summed E-state index contributed by atoms with van der Waals surface area (Å²) in [5.74, 6) is 2.75. The highest BCUT2D eigenvalue weighted by Crippen LogP contribution is 2.34. The molecule has 2 unspecified atom stereocenters. The number of rotatable bonds is 4. The lowest BCUT2D eigenvalue weighted by molar-refractivity contribution is 0.248. The van der Waals surface area contributed by atoms with E-state index in [1.165, 1.54) is 52.1 Å². The van der Waals surface area contributed by atoms with Crippen molar-refractivity contribution in [3.8, 4) is 0 Å². The molecule has 3 fully saturated rings. The Morgan fingerprint density at radius 2 is 1.56 bits per heavy atom. The maximum Gasteiger partial charge on any atom is 0.132 e. The van der Waals surface area contributed by atoms with Crippen molar-refractivity contribution >= 4 is 5.82 Å². The van der Waals surface area contributed by atoms with E-state index in [1.807, 2.05) is 0 Å². The SMILES string of the molecule is CC(C)(C)c1cc(N2CC3CN(CCN4CCCC4)CC3C2)ncn1. The maximum atomic E-state index is 4.56. The molecule has 4 rings (SSSR count). The lowest BCUT2D eigenvalue weighted by Gasteiger charge is -2.25. The normalized spacial score (nSPS) is 28.0. The van der Waals surface area contributed by atoms with Gasteiger partial charge in [-0.05, 0) is 37.8 Å². The first-order chi connectivity index (χ1) is 12.0. The van der Waals surface area contributed by atoms with Crippen LogP contribution in [0, 0.1) is 11.8 Å². The Bertz CT molecular complexity index is 576. The molecule has 0 aliphatic carbocycles. The molecule has 0 radical (unpaired) electrons. The second kappa shape index (κ2) is 6.84. The standard InChI is InChI=1S/C20H33N5/c1-20(2,3)18-10-19(22-15-21-18)25-13-16-11-24(12-17(16)14-25)9-8-23-6-4-5-7-23/h10,15-17H,4-9,11-14H2,1-3H3. The van der Waals surface area contributed by atoms with Gasteiger partial charge in [-0.2, -0.15) is 0 Å². The van der Waals surface area contributed by atoms with Gasteiger partial charge in [0.05, 0.1) is 5.69 Å². The highest BCUT2D eigenvalue weighted by atomic mass is 15.3. The molecule has 4 heterocycles. The third-order valence-electron chi connectivity index (χ3n) is 6.24. The van der Waals surface area contributed by atoms with E-state index < -0.39 is 0 Å². The molecular weight excluding hydrogens is 310 g/mol. The number of hydrogen-bond donors (Lipinski definition) is 0. The Morgan fingerprint density at radius 1 is 0.920 bits per heavy atom. The second-order valence-electron chi connectivity index (χ2n) is 9.24. The van der Waals surface area contributed by atoms with E-state index in [1.54, 1.807) is 6.33 Å². The van der Waals surface area contributed by atoms with Gasteiger partial charge in [-0.1, -0.05) is 20.8 Å². The molecule has 5 nitrogen and oxygen atoms in total. The van der Waals surface area contributed by atoms with Gasteiger partial charge in [0.25, 0.3) is 0 Å². The topological polar surface area (TPSA) is 35.5 Å². The van der Waals surface area contributed by atoms with Crippen molar-refractivity contribution in [2.45, 2.75) is 39.0 Å². The molecule has 3 aliphatic rings. The maximum absolute atomic E-state index is 4.56. The summed E-state index contributed by atoms with van der Waals surface area (Å²) in [5.41, 5.74) is 1.22. The van der Waals surface area contributed by atoms with E-state index in [-0.39, 0.29) is 5.41 Å². The lowest BCUT2D eigenvalue weighted by atomic mass is 9.92. The summed E-state index contributed by atoms with van der Waals surface area (Å²) in [5, 5.41) is 0. The van der Waals surface area contributed by atoms with Gasteiger partial charge < -0.3 is 14.7 Å². The minimum absolute atomic E-state index is 0.0830.